The Hall–Kier alpha value is -2.06. The van der Waals surface area contributed by atoms with Gasteiger partial charge in [-0.2, -0.15) is 0 Å². The van der Waals surface area contributed by atoms with Crippen LogP contribution in [0.1, 0.15) is 201 Å². The molecule has 288 valence electrons. The molecule has 9 heteroatoms. The maximum absolute atomic E-state index is 15.1. The topological polar surface area (TPSA) is 97.4 Å². The van der Waals surface area contributed by atoms with Crippen LogP contribution < -0.4 is 0 Å². The Morgan fingerprint density at radius 2 is 0.878 bits per heavy atom. The second-order valence-corrected chi connectivity index (χ2v) is 14.3. The molecular weight excluding hydrogens is 627 g/mol. The number of esters is 1. The molecule has 1 heterocycles. The second-order valence-electron chi connectivity index (χ2n) is 14.3. The molecule has 8 nitrogen and oxygen atoms in total. The van der Waals surface area contributed by atoms with Gasteiger partial charge in [0, 0.05) is 0 Å². The number of hydrogen-bond acceptors (Lipinski definition) is 8. The smallest absolute Gasteiger partial charge is 0.452 e. The highest BCUT2D eigenvalue weighted by molar-refractivity contribution is 5.83. The molecule has 1 saturated heterocycles. The fourth-order valence-electron chi connectivity index (χ4n) is 6.32. The predicted molar refractivity (Wildman–Crippen MR) is 194 cm³/mol. The molecule has 0 bridgehead atoms. The average Bonchev–Trinajstić information content (AvgIpc) is 3.29. The summed E-state index contributed by atoms with van der Waals surface area (Å²) >= 11 is 0. The quantitative estimate of drug-likeness (QED) is 0.0379. The van der Waals surface area contributed by atoms with Crippen LogP contribution in [-0.2, 0) is 28.5 Å². The van der Waals surface area contributed by atoms with Crippen molar-refractivity contribution < 1.29 is 42.5 Å². The van der Waals surface area contributed by atoms with Crippen LogP contribution in [0, 0.1) is 0 Å². The first-order valence-electron chi connectivity index (χ1n) is 20.4. The van der Waals surface area contributed by atoms with Crippen LogP contribution in [0.15, 0.2) is 0 Å². The van der Waals surface area contributed by atoms with Crippen LogP contribution in [0.3, 0.4) is 0 Å². The van der Waals surface area contributed by atoms with Crippen molar-refractivity contribution in [3.63, 3.8) is 0 Å². The molecule has 0 aromatic carbocycles. The largest absolute Gasteiger partial charge is 0.508 e. The van der Waals surface area contributed by atoms with E-state index in [9.17, 15) is 14.4 Å². The molecule has 0 aromatic rings. The fraction of sp³-hybridized carbons (Fsp3) is 0.925. The number of carbonyl (C=O) groups excluding carboxylic acids is 3. The van der Waals surface area contributed by atoms with Crippen molar-refractivity contribution in [3.8, 4) is 0 Å². The first kappa shape index (κ1) is 45.0. The van der Waals surface area contributed by atoms with Gasteiger partial charge in [0.1, 0.15) is 6.61 Å². The lowest BCUT2D eigenvalue weighted by atomic mass is 10.0. The van der Waals surface area contributed by atoms with Crippen molar-refractivity contribution in [3.05, 3.63) is 0 Å². The highest BCUT2D eigenvalue weighted by Gasteiger charge is 2.58. The van der Waals surface area contributed by atoms with Crippen LogP contribution in [-0.4, -0.2) is 56.0 Å². The van der Waals surface area contributed by atoms with Crippen LogP contribution in [0.2, 0.25) is 0 Å². The Morgan fingerprint density at radius 3 is 1.24 bits per heavy atom. The molecule has 49 heavy (non-hydrogen) atoms. The number of cyclic esters (lactones) is 1. The molecule has 0 saturated carbocycles. The molecular formula is C40H73FO8. The van der Waals surface area contributed by atoms with E-state index < -0.39 is 42.8 Å². The molecule has 0 N–H and O–H groups in total. The van der Waals surface area contributed by atoms with E-state index in [1.54, 1.807) is 0 Å². The molecule has 0 unspecified atom stereocenters. The van der Waals surface area contributed by atoms with Gasteiger partial charge in [-0.05, 0) is 19.8 Å². The van der Waals surface area contributed by atoms with Gasteiger partial charge < -0.3 is 23.7 Å². The lowest BCUT2D eigenvalue weighted by Crippen LogP contribution is -2.44. The average molecular weight is 701 g/mol. The van der Waals surface area contributed by atoms with Gasteiger partial charge in [0.25, 0.3) is 0 Å². The zero-order valence-corrected chi connectivity index (χ0v) is 31.7. The first-order valence-corrected chi connectivity index (χ1v) is 20.4. The van der Waals surface area contributed by atoms with Gasteiger partial charge in [0.2, 0.25) is 5.67 Å². The van der Waals surface area contributed by atoms with E-state index in [4.69, 9.17) is 23.7 Å². The fourth-order valence-corrected chi connectivity index (χ4v) is 6.32. The Bertz CT molecular complexity index is 820. The predicted octanol–water partition coefficient (Wildman–Crippen LogP) is 12.3. The van der Waals surface area contributed by atoms with Crippen LogP contribution in [0.4, 0.5) is 14.0 Å². The van der Waals surface area contributed by atoms with E-state index in [0.29, 0.717) is 6.42 Å². The van der Waals surface area contributed by atoms with E-state index in [1.165, 1.54) is 135 Å². The third-order valence-corrected chi connectivity index (χ3v) is 9.55. The Morgan fingerprint density at radius 1 is 0.551 bits per heavy atom. The lowest BCUT2D eigenvalue weighted by Gasteiger charge is -2.22. The molecule has 1 rings (SSSR count). The van der Waals surface area contributed by atoms with Crippen LogP contribution >= 0.6 is 0 Å². The highest BCUT2D eigenvalue weighted by Crippen LogP contribution is 2.33. The van der Waals surface area contributed by atoms with Gasteiger partial charge in [-0.3, -0.25) is 0 Å². The second kappa shape index (κ2) is 30.7. The van der Waals surface area contributed by atoms with Gasteiger partial charge in [0.15, 0.2) is 12.2 Å². The van der Waals surface area contributed by atoms with Crippen molar-refractivity contribution in [1.29, 1.82) is 0 Å². The highest BCUT2D eigenvalue weighted by atomic mass is 19.1. The van der Waals surface area contributed by atoms with E-state index >= 15 is 4.39 Å². The third kappa shape index (κ3) is 23.9. The van der Waals surface area contributed by atoms with E-state index in [-0.39, 0.29) is 13.2 Å². The van der Waals surface area contributed by atoms with Crippen molar-refractivity contribution in [2.24, 2.45) is 0 Å². The number of hydrogen-bond donors (Lipinski definition) is 0. The summed E-state index contributed by atoms with van der Waals surface area (Å²) in [7, 11) is 0. The molecule has 3 atom stereocenters. The number of unbranched alkanes of at least 4 members (excludes halogenated alkanes) is 26. The van der Waals surface area contributed by atoms with Crippen molar-refractivity contribution in [2.75, 3.05) is 19.8 Å². The third-order valence-electron chi connectivity index (χ3n) is 9.55. The number of carbonyl (C=O) groups is 3. The van der Waals surface area contributed by atoms with Gasteiger partial charge >= 0.3 is 18.3 Å². The number of ether oxygens (including phenoxy) is 5. The zero-order valence-electron chi connectivity index (χ0n) is 31.7. The van der Waals surface area contributed by atoms with Gasteiger partial charge in [-0.15, -0.1) is 0 Å². The summed E-state index contributed by atoms with van der Waals surface area (Å²) in [6, 6.07) is 0. The van der Waals surface area contributed by atoms with Gasteiger partial charge in [-0.25, -0.2) is 18.8 Å². The van der Waals surface area contributed by atoms with Crippen molar-refractivity contribution in [1.82, 2.24) is 0 Å². The minimum atomic E-state index is -2.58. The molecule has 0 radical (unpaired) electrons. The van der Waals surface area contributed by atoms with E-state index in [0.717, 1.165) is 45.4 Å². The monoisotopic (exact) mass is 701 g/mol. The summed E-state index contributed by atoms with van der Waals surface area (Å²) in [6.07, 6.45) is 29.4. The number of alkyl halides is 1. The Balaban J connectivity index is 2.07. The van der Waals surface area contributed by atoms with Crippen LogP contribution in [0.25, 0.3) is 0 Å². The van der Waals surface area contributed by atoms with Gasteiger partial charge in [0.05, 0.1) is 13.2 Å². The molecule has 0 spiro atoms. The van der Waals surface area contributed by atoms with E-state index in [1.807, 2.05) is 0 Å². The first-order chi connectivity index (χ1) is 23.8. The summed E-state index contributed by atoms with van der Waals surface area (Å²) in [6.45, 7) is 5.35. The number of halogens is 1. The zero-order chi connectivity index (χ0) is 35.8. The molecule has 1 aliphatic rings. The standard InChI is InChI=1S/C40H73FO8/c1-4-6-8-10-12-14-16-18-20-22-24-26-28-30-32-45-38(43)47-34-35-36(40(3,41)37(42)48-35)49-39(44)46-33-31-29-27-25-23-21-19-17-15-13-11-9-7-5-2/h35-36H,4-34H2,1-3H3/t35-,36-,40-/m1/s1. The summed E-state index contributed by atoms with van der Waals surface area (Å²) in [5, 5.41) is 0. The van der Waals surface area contributed by atoms with Crippen LogP contribution in [0.5, 0.6) is 0 Å². The lowest BCUT2D eigenvalue weighted by molar-refractivity contribution is -0.150. The van der Waals surface area contributed by atoms with Crippen molar-refractivity contribution in [2.45, 2.75) is 218 Å². The maximum Gasteiger partial charge on any atom is 0.508 e. The molecule has 0 amide bonds. The molecule has 1 fully saturated rings. The summed E-state index contributed by atoms with van der Waals surface area (Å²) in [5.74, 6) is -1.18. The maximum atomic E-state index is 15.1. The van der Waals surface area contributed by atoms with E-state index in [2.05, 4.69) is 13.8 Å². The van der Waals surface area contributed by atoms with Gasteiger partial charge in [-0.1, -0.05) is 181 Å². The number of rotatable bonds is 33. The Labute approximate surface area is 298 Å². The normalized spacial score (nSPS) is 18.7. The summed E-state index contributed by atoms with van der Waals surface area (Å²) in [5.41, 5.74) is -2.58. The molecule has 1 aliphatic heterocycles. The summed E-state index contributed by atoms with van der Waals surface area (Å²) in [4.78, 5) is 36.4. The Kier molecular flexibility index (Phi) is 28.2. The minimum Gasteiger partial charge on any atom is -0.452 e. The minimum absolute atomic E-state index is 0.147. The SMILES string of the molecule is CCCCCCCCCCCCCCCCOC(=O)OC[C@H]1OC(=O)[C@](C)(F)[C@@H]1OC(=O)OCCCCCCCCCCCCCCCC. The molecule has 0 aliphatic carbocycles. The summed E-state index contributed by atoms with van der Waals surface area (Å²) < 4.78 is 40.5. The molecule has 0 aromatic heterocycles. The van der Waals surface area contributed by atoms with Crippen molar-refractivity contribution >= 4 is 18.3 Å².